The van der Waals surface area contributed by atoms with Crippen LogP contribution in [0.4, 0.5) is 5.69 Å². The van der Waals surface area contributed by atoms with Crippen molar-refractivity contribution in [2.75, 3.05) is 12.8 Å². The van der Waals surface area contributed by atoms with E-state index in [1.807, 2.05) is 0 Å². The van der Waals surface area contributed by atoms with E-state index < -0.39 is 9.84 Å². The first-order valence-electron chi connectivity index (χ1n) is 5.29. The first-order valence-corrected chi connectivity index (χ1v) is 6.77. The Kier molecular flexibility index (Phi) is 3.25. The van der Waals surface area contributed by atoms with E-state index in [0.717, 1.165) is 0 Å². The van der Waals surface area contributed by atoms with Crippen molar-refractivity contribution >= 4 is 15.5 Å². The lowest BCUT2D eigenvalue weighted by Gasteiger charge is -2.06. The molecular formula is C13H13NO3S. The smallest absolute Gasteiger partial charge is 0.206 e. The van der Waals surface area contributed by atoms with E-state index in [-0.39, 0.29) is 9.79 Å². The van der Waals surface area contributed by atoms with Gasteiger partial charge in [-0.25, -0.2) is 8.42 Å². The molecule has 0 atom stereocenters. The summed E-state index contributed by atoms with van der Waals surface area (Å²) in [7, 11) is -1.99. The second-order valence-corrected chi connectivity index (χ2v) is 5.70. The molecule has 2 aromatic rings. The molecule has 0 aromatic heterocycles. The van der Waals surface area contributed by atoms with Gasteiger partial charge in [-0.15, -0.1) is 0 Å². The lowest BCUT2D eigenvalue weighted by molar-refractivity contribution is 0.414. The Balaban J connectivity index is 2.47. The number of anilines is 1. The molecule has 2 aromatic carbocycles. The number of nitrogen functional groups attached to an aromatic ring is 1. The number of rotatable bonds is 3. The highest BCUT2D eigenvalue weighted by Gasteiger charge is 2.17. The molecule has 0 spiro atoms. The second-order valence-electron chi connectivity index (χ2n) is 3.75. The largest absolute Gasteiger partial charge is 0.497 e. The lowest BCUT2D eigenvalue weighted by Crippen LogP contribution is -2.02. The molecular weight excluding hydrogens is 250 g/mol. The maximum absolute atomic E-state index is 12.3. The third kappa shape index (κ3) is 2.31. The minimum Gasteiger partial charge on any atom is -0.497 e. The normalized spacial score (nSPS) is 11.2. The highest BCUT2D eigenvalue weighted by atomic mass is 32.2. The summed E-state index contributed by atoms with van der Waals surface area (Å²) in [6, 6.07) is 12.5. The minimum absolute atomic E-state index is 0.188. The van der Waals surface area contributed by atoms with Crippen molar-refractivity contribution in [2.45, 2.75) is 9.79 Å². The Morgan fingerprint density at radius 2 is 1.67 bits per heavy atom. The summed E-state index contributed by atoms with van der Waals surface area (Å²) in [5, 5.41) is 0. The molecule has 18 heavy (non-hydrogen) atoms. The van der Waals surface area contributed by atoms with Crippen LogP contribution in [0.1, 0.15) is 0 Å². The molecule has 0 saturated heterocycles. The Morgan fingerprint density at radius 3 is 2.22 bits per heavy atom. The summed E-state index contributed by atoms with van der Waals surface area (Å²) in [4.78, 5) is 0.404. The summed E-state index contributed by atoms with van der Waals surface area (Å²) < 4.78 is 29.6. The van der Waals surface area contributed by atoms with E-state index >= 15 is 0 Å². The summed E-state index contributed by atoms with van der Waals surface area (Å²) in [5.74, 6) is 0.613. The van der Waals surface area contributed by atoms with Gasteiger partial charge in [0.05, 0.1) is 16.9 Å². The third-order valence-electron chi connectivity index (χ3n) is 2.54. The maximum Gasteiger partial charge on any atom is 0.206 e. The Bertz CT molecular complexity index is 648. The van der Waals surface area contributed by atoms with Crippen LogP contribution in [-0.2, 0) is 9.84 Å². The van der Waals surface area contributed by atoms with Gasteiger partial charge in [-0.2, -0.15) is 0 Å². The molecule has 4 nitrogen and oxygen atoms in total. The Labute approximate surface area is 106 Å². The van der Waals surface area contributed by atoms with Gasteiger partial charge in [0.2, 0.25) is 9.84 Å². The van der Waals surface area contributed by atoms with Crippen LogP contribution in [0.2, 0.25) is 0 Å². The number of nitrogens with two attached hydrogens (primary N) is 1. The molecule has 94 valence electrons. The molecule has 0 radical (unpaired) electrons. The van der Waals surface area contributed by atoms with E-state index in [2.05, 4.69) is 0 Å². The molecule has 0 bridgehead atoms. The molecule has 0 aliphatic heterocycles. The average Bonchev–Trinajstić information content (AvgIpc) is 2.39. The van der Waals surface area contributed by atoms with Crippen LogP contribution in [0, 0.1) is 0 Å². The van der Waals surface area contributed by atoms with E-state index in [0.29, 0.717) is 11.4 Å². The molecule has 2 rings (SSSR count). The van der Waals surface area contributed by atoms with Crippen LogP contribution in [0.25, 0.3) is 0 Å². The van der Waals surface area contributed by atoms with Gasteiger partial charge in [0.25, 0.3) is 0 Å². The first-order chi connectivity index (χ1) is 8.54. The highest BCUT2D eigenvalue weighted by Crippen LogP contribution is 2.24. The molecule has 0 fully saturated rings. The summed E-state index contributed by atoms with van der Waals surface area (Å²) >= 11 is 0. The summed E-state index contributed by atoms with van der Waals surface area (Å²) in [5.41, 5.74) is 6.02. The van der Waals surface area contributed by atoms with E-state index in [1.54, 1.807) is 24.3 Å². The van der Waals surface area contributed by atoms with Gasteiger partial charge in [0.1, 0.15) is 5.75 Å². The topological polar surface area (TPSA) is 69.4 Å². The van der Waals surface area contributed by atoms with Crippen molar-refractivity contribution in [3.8, 4) is 5.75 Å². The van der Waals surface area contributed by atoms with Crippen molar-refractivity contribution < 1.29 is 13.2 Å². The van der Waals surface area contributed by atoms with Gasteiger partial charge < -0.3 is 10.5 Å². The molecule has 2 N–H and O–H groups in total. The van der Waals surface area contributed by atoms with E-state index in [1.165, 1.54) is 31.4 Å². The van der Waals surface area contributed by atoms with Crippen LogP contribution in [0.3, 0.4) is 0 Å². The van der Waals surface area contributed by atoms with Gasteiger partial charge in [-0.05, 0) is 42.5 Å². The van der Waals surface area contributed by atoms with Gasteiger partial charge >= 0.3 is 0 Å². The average molecular weight is 263 g/mol. The van der Waals surface area contributed by atoms with Crippen LogP contribution in [-0.4, -0.2) is 15.5 Å². The lowest BCUT2D eigenvalue weighted by atomic mass is 10.3. The van der Waals surface area contributed by atoms with Gasteiger partial charge in [0.15, 0.2) is 0 Å². The fourth-order valence-electron chi connectivity index (χ4n) is 1.57. The zero-order chi connectivity index (χ0) is 13.2. The summed E-state index contributed by atoms with van der Waals surface area (Å²) in [6.45, 7) is 0. The van der Waals surface area contributed by atoms with Crippen molar-refractivity contribution in [2.24, 2.45) is 0 Å². The zero-order valence-electron chi connectivity index (χ0n) is 9.83. The van der Waals surface area contributed by atoms with E-state index in [9.17, 15) is 8.42 Å². The monoisotopic (exact) mass is 263 g/mol. The third-order valence-corrected chi connectivity index (χ3v) is 4.31. The molecule has 0 aliphatic carbocycles. The molecule has 0 unspecified atom stereocenters. The molecule has 0 heterocycles. The predicted molar refractivity (Wildman–Crippen MR) is 69.3 cm³/mol. The maximum atomic E-state index is 12.3. The predicted octanol–water partition coefficient (Wildman–Crippen LogP) is 2.11. The van der Waals surface area contributed by atoms with Crippen LogP contribution in [0.15, 0.2) is 58.3 Å². The van der Waals surface area contributed by atoms with Crippen molar-refractivity contribution in [3.63, 3.8) is 0 Å². The fourth-order valence-corrected chi connectivity index (χ4v) is 2.89. The molecule has 5 heteroatoms. The SMILES string of the molecule is COc1ccc(S(=O)(=O)c2cccc(N)c2)cc1. The quantitative estimate of drug-likeness (QED) is 0.861. The Hall–Kier alpha value is -2.01. The van der Waals surface area contributed by atoms with Crippen LogP contribution in [0.5, 0.6) is 5.75 Å². The minimum atomic E-state index is -3.52. The highest BCUT2D eigenvalue weighted by molar-refractivity contribution is 7.91. The van der Waals surface area contributed by atoms with Gasteiger partial charge in [-0.3, -0.25) is 0 Å². The van der Waals surface area contributed by atoms with Crippen molar-refractivity contribution in [1.82, 2.24) is 0 Å². The number of ether oxygens (including phenoxy) is 1. The van der Waals surface area contributed by atoms with E-state index in [4.69, 9.17) is 10.5 Å². The van der Waals surface area contributed by atoms with Crippen molar-refractivity contribution in [1.29, 1.82) is 0 Å². The summed E-state index contributed by atoms with van der Waals surface area (Å²) in [6.07, 6.45) is 0. The molecule has 0 saturated carbocycles. The molecule has 0 amide bonds. The number of sulfone groups is 1. The number of methoxy groups -OCH3 is 1. The number of benzene rings is 2. The first kappa shape index (κ1) is 12.4. The molecule has 0 aliphatic rings. The fraction of sp³-hybridized carbons (Fsp3) is 0.0769. The Morgan fingerprint density at radius 1 is 1.00 bits per heavy atom. The van der Waals surface area contributed by atoms with Gasteiger partial charge in [0, 0.05) is 5.69 Å². The van der Waals surface area contributed by atoms with Gasteiger partial charge in [-0.1, -0.05) is 6.07 Å². The number of hydrogen-bond acceptors (Lipinski definition) is 4. The zero-order valence-corrected chi connectivity index (χ0v) is 10.6. The van der Waals surface area contributed by atoms with Crippen molar-refractivity contribution in [3.05, 3.63) is 48.5 Å². The van der Waals surface area contributed by atoms with Crippen LogP contribution < -0.4 is 10.5 Å². The number of hydrogen-bond donors (Lipinski definition) is 1. The standard InChI is InChI=1S/C13H13NO3S/c1-17-11-5-7-12(8-6-11)18(15,16)13-4-2-3-10(14)9-13/h2-9H,14H2,1H3. The van der Waals surface area contributed by atoms with Crippen LogP contribution >= 0.6 is 0 Å². The second kappa shape index (κ2) is 4.70.